The van der Waals surface area contributed by atoms with Gasteiger partial charge in [0.05, 0.1) is 13.9 Å². The maximum absolute atomic E-state index is 12.5. The number of hydrogen-bond donors (Lipinski definition) is 0. The van der Waals surface area contributed by atoms with Crippen molar-refractivity contribution in [1.29, 1.82) is 0 Å². The van der Waals surface area contributed by atoms with Crippen LogP contribution in [0.25, 0.3) is 0 Å². The zero-order chi connectivity index (χ0) is 23.8. The molecule has 0 saturated heterocycles. The molecule has 0 aromatic heterocycles. The molecule has 3 aliphatic rings. The number of fused-ring (bicyclic) bond motifs is 5. The van der Waals surface area contributed by atoms with Gasteiger partial charge in [-0.15, -0.1) is 23.2 Å². The van der Waals surface area contributed by atoms with E-state index in [9.17, 15) is 19.1 Å². The lowest BCUT2D eigenvalue weighted by Crippen LogP contribution is -2.45. The summed E-state index contributed by atoms with van der Waals surface area (Å²) in [6.45, 7) is 2.84. The number of rotatable bonds is 7. The van der Waals surface area contributed by atoms with Crippen LogP contribution in [0.3, 0.4) is 0 Å². The van der Waals surface area contributed by atoms with Crippen LogP contribution in [-0.2, 0) is 15.5 Å². The van der Waals surface area contributed by atoms with E-state index in [0.717, 1.165) is 32.1 Å². The molecule has 0 heterocycles. The summed E-state index contributed by atoms with van der Waals surface area (Å²) in [6, 6.07) is 5.87. The molecule has 1 aromatic carbocycles. The van der Waals surface area contributed by atoms with Crippen LogP contribution in [0.4, 0.5) is 4.79 Å². The SMILES string of the molecule is CC12CCC3c4ccc(OC(=O)N(CCCl)CCCl)cc4CCC3C1CCC2OP(=O)([O-])[O-]. The van der Waals surface area contributed by atoms with Crippen LogP contribution < -0.4 is 14.5 Å². The highest BCUT2D eigenvalue weighted by molar-refractivity contribution is 7.43. The van der Waals surface area contributed by atoms with Crippen LogP contribution in [0.1, 0.15) is 56.1 Å². The number of hydrogen-bond acceptors (Lipinski definition) is 6. The number of carbonyl (C=O) groups excluding carboxylic acids is 1. The first-order valence-corrected chi connectivity index (χ1v) is 14.1. The Morgan fingerprint density at radius 2 is 1.91 bits per heavy atom. The molecule has 10 heteroatoms. The molecule has 2 saturated carbocycles. The highest BCUT2D eigenvalue weighted by Crippen LogP contribution is 2.62. The van der Waals surface area contributed by atoms with E-state index >= 15 is 0 Å². The summed E-state index contributed by atoms with van der Waals surface area (Å²) in [6.07, 6.45) is 4.12. The third kappa shape index (κ3) is 5.24. The molecule has 184 valence electrons. The summed E-state index contributed by atoms with van der Waals surface area (Å²) in [5, 5.41) is 0. The van der Waals surface area contributed by atoms with Crippen molar-refractivity contribution in [3.8, 4) is 5.75 Å². The van der Waals surface area contributed by atoms with Crippen molar-refractivity contribution in [2.24, 2.45) is 17.3 Å². The number of alkyl halides is 2. The van der Waals surface area contributed by atoms with Gasteiger partial charge in [-0.1, -0.05) is 13.0 Å². The van der Waals surface area contributed by atoms with Crippen LogP contribution in [0, 0.1) is 17.3 Å². The topological polar surface area (TPSA) is 102 Å². The number of aryl methyl sites for hydroxylation is 1. The van der Waals surface area contributed by atoms with Crippen LogP contribution >= 0.6 is 31.0 Å². The van der Waals surface area contributed by atoms with E-state index in [2.05, 4.69) is 13.0 Å². The minimum Gasteiger partial charge on any atom is -0.790 e. The van der Waals surface area contributed by atoms with Crippen molar-refractivity contribution < 1.29 is 28.4 Å². The largest absolute Gasteiger partial charge is 0.790 e. The standard InChI is InChI=1S/C23H32Cl2NO6P/c1-23-9-8-18-17-5-3-16(31-22(27)26(12-10-24)13-11-25)14-15(17)2-4-19(18)20(23)6-7-21(23)32-33(28,29)30/h3,5,14,18-21H,2,4,6-13H2,1H3,(H2,28,29,30)/p-2. The molecule has 7 nitrogen and oxygen atoms in total. The summed E-state index contributed by atoms with van der Waals surface area (Å²) in [5.74, 6) is 2.28. The molecule has 0 bridgehead atoms. The van der Waals surface area contributed by atoms with E-state index < -0.39 is 20.0 Å². The lowest BCUT2D eigenvalue weighted by molar-refractivity contribution is -0.347. The summed E-state index contributed by atoms with van der Waals surface area (Å²) >= 11 is 11.6. The number of carbonyl (C=O) groups is 1. The quantitative estimate of drug-likeness (QED) is 0.399. The van der Waals surface area contributed by atoms with Gasteiger partial charge in [-0.2, -0.15) is 0 Å². The fourth-order valence-corrected chi connectivity index (χ4v) is 7.63. The molecule has 5 atom stereocenters. The van der Waals surface area contributed by atoms with Gasteiger partial charge < -0.3 is 28.5 Å². The van der Waals surface area contributed by atoms with Crippen LogP contribution in [0.2, 0.25) is 0 Å². The molecule has 2 fully saturated rings. The fourth-order valence-electron chi connectivity index (χ4n) is 6.57. The van der Waals surface area contributed by atoms with Gasteiger partial charge in [-0.05, 0) is 85.0 Å². The lowest BCUT2D eigenvalue weighted by Gasteiger charge is -2.51. The molecular formula is C23H30Cl2NO6P-2. The summed E-state index contributed by atoms with van der Waals surface area (Å²) in [5.41, 5.74) is 2.20. The second-order valence-corrected chi connectivity index (χ2v) is 11.5. The third-order valence-electron chi connectivity index (χ3n) is 8.04. The summed E-state index contributed by atoms with van der Waals surface area (Å²) < 4.78 is 21.9. The maximum atomic E-state index is 12.5. The Morgan fingerprint density at radius 1 is 1.18 bits per heavy atom. The first kappa shape index (κ1) is 25.3. The Balaban J connectivity index is 1.48. The lowest BCUT2D eigenvalue weighted by atomic mass is 9.55. The summed E-state index contributed by atoms with van der Waals surface area (Å²) in [7, 11) is -5.00. The minimum absolute atomic E-state index is 0.285. The van der Waals surface area contributed by atoms with Crippen molar-refractivity contribution in [3.63, 3.8) is 0 Å². The number of phosphoric ester groups is 1. The van der Waals surface area contributed by atoms with Crippen molar-refractivity contribution in [3.05, 3.63) is 29.3 Å². The van der Waals surface area contributed by atoms with Crippen LogP contribution in [0.5, 0.6) is 5.75 Å². The second-order valence-electron chi connectivity index (χ2n) is 9.67. The normalized spacial score (nSPS) is 30.8. The first-order valence-electron chi connectivity index (χ1n) is 11.6. The number of halogens is 2. The van der Waals surface area contributed by atoms with Crippen molar-refractivity contribution >= 4 is 37.1 Å². The van der Waals surface area contributed by atoms with Gasteiger partial charge in [0, 0.05) is 24.8 Å². The van der Waals surface area contributed by atoms with Gasteiger partial charge in [-0.3, -0.25) is 0 Å². The molecule has 1 aromatic rings. The van der Waals surface area contributed by atoms with Crippen molar-refractivity contribution in [1.82, 2.24) is 4.90 Å². The van der Waals surface area contributed by atoms with E-state index in [1.54, 1.807) is 0 Å². The molecule has 33 heavy (non-hydrogen) atoms. The Bertz CT molecular complexity index is 920. The number of nitrogens with zero attached hydrogens (tertiary/aromatic N) is 1. The molecule has 1 amide bonds. The highest BCUT2D eigenvalue weighted by atomic mass is 35.5. The average molecular weight is 518 g/mol. The molecule has 3 aliphatic carbocycles. The van der Waals surface area contributed by atoms with E-state index in [0.29, 0.717) is 54.8 Å². The highest BCUT2D eigenvalue weighted by Gasteiger charge is 2.55. The maximum Gasteiger partial charge on any atom is 0.415 e. The fraction of sp³-hybridized carbons (Fsp3) is 0.696. The smallest absolute Gasteiger partial charge is 0.415 e. The van der Waals surface area contributed by atoms with Crippen LogP contribution in [-0.4, -0.2) is 41.9 Å². The van der Waals surface area contributed by atoms with Crippen molar-refractivity contribution in [2.45, 2.75) is 57.5 Å². The molecule has 5 unspecified atom stereocenters. The second kappa shape index (κ2) is 10.0. The van der Waals surface area contributed by atoms with Gasteiger partial charge in [-0.25, -0.2) is 4.79 Å². The van der Waals surface area contributed by atoms with Gasteiger partial charge in [0.25, 0.3) is 0 Å². The Kier molecular flexibility index (Phi) is 7.69. The molecular weight excluding hydrogens is 488 g/mol. The van der Waals surface area contributed by atoms with E-state index in [-0.39, 0.29) is 5.41 Å². The number of phosphoric acid groups is 1. The Morgan fingerprint density at radius 3 is 2.58 bits per heavy atom. The van der Waals surface area contributed by atoms with Gasteiger partial charge in [0.15, 0.2) is 0 Å². The van der Waals surface area contributed by atoms with Gasteiger partial charge in [0.2, 0.25) is 0 Å². The summed E-state index contributed by atoms with van der Waals surface area (Å²) in [4.78, 5) is 36.5. The number of amides is 1. The number of benzene rings is 1. The zero-order valence-corrected chi connectivity index (χ0v) is 21.1. The van der Waals surface area contributed by atoms with Crippen LogP contribution in [0.15, 0.2) is 18.2 Å². The monoisotopic (exact) mass is 517 g/mol. The number of ether oxygens (including phenoxy) is 1. The van der Waals surface area contributed by atoms with E-state index in [1.165, 1.54) is 16.0 Å². The minimum atomic E-state index is -5.00. The Hall–Kier alpha value is -0.820. The van der Waals surface area contributed by atoms with E-state index in [4.69, 9.17) is 32.5 Å². The van der Waals surface area contributed by atoms with Gasteiger partial charge >= 0.3 is 6.09 Å². The molecule has 4 rings (SSSR count). The first-order chi connectivity index (χ1) is 15.7. The molecule has 0 radical (unpaired) electrons. The predicted octanol–water partition coefficient (Wildman–Crippen LogP) is 4.04. The predicted molar refractivity (Wildman–Crippen MR) is 123 cm³/mol. The molecule has 0 aliphatic heterocycles. The van der Waals surface area contributed by atoms with E-state index in [1.807, 2.05) is 12.1 Å². The Labute approximate surface area is 205 Å². The molecule has 0 spiro atoms. The average Bonchev–Trinajstić information content (AvgIpc) is 3.08. The third-order valence-corrected chi connectivity index (χ3v) is 8.89. The van der Waals surface area contributed by atoms with Gasteiger partial charge in [0.1, 0.15) is 5.75 Å². The van der Waals surface area contributed by atoms with Crippen molar-refractivity contribution in [2.75, 3.05) is 24.8 Å². The zero-order valence-electron chi connectivity index (χ0n) is 18.7. The molecule has 0 N–H and O–H groups in total.